The Kier molecular flexibility index (Phi) is 4.30. The van der Waals surface area contributed by atoms with Crippen LogP contribution in [0.25, 0.3) is 0 Å². The summed E-state index contributed by atoms with van der Waals surface area (Å²) in [6, 6.07) is 4.55. The lowest BCUT2D eigenvalue weighted by Crippen LogP contribution is -2.23. The number of nitrogens with zero attached hydrogens (tertiary/aromatic N) is 2. The number of hydrogen-bond acceptors (Lipinski definition) is 5. The van der Waals surface area contributed by atoms with Crippen molar-refractivity contribution in [1.82, 2.24) is 0 Å². The molecular weight excluding hydrogens is 276 g/mol. The lowest BCUT2D eigenvalue weighted by atomic mass is 9.99. The van der Waals surface area contributed by atoms with Crippen LogP contribution in [0.2, 0.25) is 0 Å². The molecule has 0 bridgehead atoms. The smallest absolute Gasteiger partial charge is 0.308 e. The van der Waals surface area contributed by atoms with Gasteiger partial charge in [0.25, 0.3) is 5.69 Å². The summed E-state index contributed by atoms with van der Waals surface area (Å²) in [4.78, 5) is 23.6. The quantitative estimate of drug-likeness (QED) is 0.660. The van der Waals surface area contributed by atoms with E-state index in [0.29, 0.717) is 31.1 Å². The largest absolute Gasteiger partial charge is 0.494 e. The summed E-state index contributed by atoms with van der Waals surface area (Å²) in [7, 11) is 0. The van der Waals surface area contributed by atoms with Crippen molar-refractivity contribution in [1.29, 1.82) is 0 Å². The first kappa shape index (κ1) is 15.1. The summed E-state index contributed by atoms with van der Waals surface area (Å²) in [5, 5.41) is 20.2. The molecule has 0 amide bonds. The van der Waals surface area contributed by atoms with E-state index in [1.54, 1.807) is 13.0 Å². The molecule has 21 heavy (non-hydrogen) atoms. The second-order valence-corrected chi connectivity index (χ2v) is 5.20. The van der Waals surface area contributed by atoms with Gasteiger partial charge in [-0.1, -0.05) is 6.92 Å². The first-order chi connectivity index (χ1) is 9.92. The number of benzene rings is 1. The maximum atomic E-state index is 11.2. The fourth-order valence-corrected chi connectivity index (χ4v) is 2.61. The number of hydrogen-bond donors (Lipinski definition) is 1. The van der Waals surface area contributed by atoms with Crippen molar-refractivity contribution >= 4 is 17.3 Å². The minimum atomic E-state index is -0.833. The highest BCUT2D eigenvalue weighted by molar-refractivity contribution is 5.73. The van der Waals surface area contributed by atoms with Crippen LogP contribution in [-0.2, 0) is 4.79 Å². The van der Waals surface area contributed by atoms with E-state index in [2.05, 4.69) is 0 Å². The maximum absolute atomic E-state index is 11.2. The number of aliphatic carboxylic acids is 1. The Balaban J connectivity index is 2.31. The first-order valence-electron chi connectivity index (χ1n) is 6.82. The van der Waals surface area contributed by atoms with Crippen LogP contribution in [0.15, 0.2) is 18.2 Å². The standard InChI is InChI=1S/C14H18N2O5/c1-3-21-12-5-10(4-11(6-12)16(19)20)15-7-9(2)13(8-15)14(17)18/h4-6,9,13H,3,7-8H2,1-2H3,(H,17,18)/t9-,13-/m1/s1. The van der Waals surface area contributed by atoms with Crippen molar-refractivity contribution in [2.24, 2.45) is 11.8 Å². The third kappa shape index (κ3) is 3.24. The van der Waals surface area contributed by atoms with Crippen molar-refractivity contribution in [3.05, 3.63) is 28.3 Å². The lowest BCUT2D eigenvalue weighted by Gasteiger charge is -2.19. The highest BCUT2D eigenvalue weighted by Gasteiger charge is 2.35. The van der Waals surface area contributed by atoms with Crippen molar-refractivity contribution in [2.45, 2.75) is 13.8 Å². The summed E-state index contributed by atoms with van der Waals surface area (Å²) in [6.07, 6.45) is 0. The van der Waals surface area contributed by atoms with E-state index in [1.807, 2.05) is 11.8 Å². The molecule has 114 valence electrons. The topological polar surface area (TPSA) is 92.9 Å². The molecule has 2 atom stereocenters. The first-order valence-corrected chi connectivity index (χ1v) is 6.82. The summed E-state index contributed by atoms with van der Waals surface area (Å²) < 4.78 is 5.35. The van der Waals surface area contributed by atoms with E-state index < -0.39 is 16.8 Å². The average Bonchev–Trinajstić information content (AvgIpc) is 2.81. The molecule has 7 nitrogen and oxygen atoms in total. The fraction of sp³-hybridized carbons (Fsp3) is 0.500. The van der Waals surface area contributed by atoms with Gasteiger partial charge in [-0.15, -0.1) is 0 Å². The highest BCUT2D eigenvalue weighted by Crippen LogP contribution is 2.33. The van der Waals surface area contributed by atoms with E-state index >= 15 is 0 Å². The molecule has 1 saturated heterocycles. The highest BCUT2D eigenvalue weighted by atomic mass is 16.6. The number of carboxylic acids is 1. The van der Waals surface area contributed by atoms with Gasteiger partial charge in [0, 0.05) is 30.9 Å². The predicted molar refractivity (Wildman–Crippen MR) is 76.8 cm³/mol. The Hall–Kier alpha value is -2.31. The van der Waals surface area contributed by atoms with E-state index in [1.165, 1.54) is 12.1 Å². The summed E-state index contributed by atoms with van der Waals surface area (Å²) in [5.41, 5.74) is 0.575. The Bertz CT molecular complexity index is 560. The van der Waals surface area contributed by atoms with Crippen LogP contribution in [0.3, 0.4) is 0 Å². The van der Waals surface area contributed by atoms with Gasteiger partial charge in [0.2, 0.25) is 0 Å². The number of non-ortho nitro benzene ring substituents is 1. The second kappa shape index (κ2) is 5.99. The maximum Gasteiger partial charge on any atom is 0.308 e. The fourth-order valence-electron chi connectivity index (χ4n) is 2.61. The van der Waals surface area contributed by atoms with Crippen molar-refractivity contribution < 1.29 is 19.6 Å². The zero-order valence-electron chi connectivity index (χ0n) is 12.0. The van der Waals surface area contributed by atoms with Gasteiger partial charge >= 0.3 is 5.97 Å². The molecular formula is C14H18N2O5. The molecule has 1 heterocycles. The molecule has 1 N–H and O–H groups in total. The molecule has 0 saturated carbocycles. The van der Waals surface area contributed by atoms with Crippen LogP contribution in [0.1, 0.15) is 13.8 Å². The van der Waals surface area contributed by atoms with Crippen LogP contribution in [0.4, 0.5) is 11.4 Å². The number of carbonyl (C=O) groups is 1. The van der Waals surface area contributed by atoms with Gasteiger partial charge < -0.3 is 14.7 Å². The van der Waals surface area contributed by atoms with E-state index in [4.69, 9.17) is 4.74 Å². The molecule has 2 rings (SSSR count). The predicted octanol–water partition coefficient (Wildman–Crippen LogP) is 2.15. The molecule has 0 unspecified atom stereocenters. The van der Waals surface area contributed by atoms with E-state index in [9.17, 15) is 20.0 Å². The van der Waals surface area contributed by atoms with Crippen molar-refractivity contribution in [3.8, 4) is 5.75 Å². The SMILES string of the molecule is CCOc1cc(N2C[C@@H](C)[C@H](C(=O)O)C2)cc([N+](=O)[O-])c1. The third-order valence-corrected chi connectivity index (χ3v) is 3.69. The number of nitro benzene ring substituents is 1. The summed E-state index contributed by atoms with van der Waals surface area (Å²) >= 11 is 0. The van der Waals surface area contributed by atoms with Gasteiger partial charge in [-0.3, -0.25) is 14.9 Å². The van der Waals surface area contributed by atoms with Gasteiger partial charge in [0.15, 0.2) is 0 Å². The van der Waals surface area contributed by atoms with Crippen LogP contribution in [0, 0.1) is 22.0 Å². The van der Waals surface area contributed by atoms with Gasteiger partial charge in [-0.25, -0.2) is 0 Å². The van der Waals surface area contributed by atoms with Gasteiger partial charge in [0.1, 0.15) is 5.75 Å². The van der Waals surface area contributed by atoms with Gasteiger partial charge in [0.05, 0.1) is 23.5 Å². The Labute approximate surface area is 122 Å². The minimum Gasteiger partial charge on any atom is -0.494 e. The van der Waals surface area contributed by atoms with E-state index in [0.717, 1.165) is 0 Å². The Morgan fingerprint density at radius 2 is 2.19 bits per heavy atom. The monoisotopic (exact) mass is 294 g/mol. The van der Waals surface area contributed by atoms with Crippen LogP contribution >= 0.6 is 0 Å². The average molecular weight is 294 g/mol. The zero-order chi connectivity index (χ0) is 15.6. The molecule has 1 aliphatic heterocycles. The second-order valence-electron chi connectivity index (χ2n) is 5.20. The molecule has 7 heteroatoms. The molecule has 1 fully saturated rings. The molecule has 1 aromatic rings. The number of nitro groups is 1. The number of carboxylic acid groups (broad SMARTS) is 1. The van der Waals surface area contributed by atoms with Crippen molar-refractivity contribution in [3.63, 3.8) is 0 Å². The molecule has 0 aliphatic carbocycles. The summed E-state index contributed by atoms with van der Waals surface area (Å²) in [5.74, 6) is -0.870. The normalized spacial score (nSPS) is 21.3. The van der Waals surface area contributed by atoms with Crippen LogP contribution < -0.4 is 9.64 Å². The Morgan fingerprint density at radius 3 is 2.71 bits per heavy atom. The third-order valence-electron chi connectivity index (χ3n) is 3.69. The molecule has 1 aliphatic rings. The zero-order valence-corrected chi connectivity index (χ0v) is 12.0. The van der Waals surface area contributed by atoms with Crippen molar-refractivity contribution in [2.75, 3.05) is 24.6 Å². The molecule has 0 aromatic heterocycles. The number of rotatable bonds is 5. The number of anilines is 1. The van der Waals surface area contributed by atoms with Crippen LogP contribution in [-0.4, -0.2) is 35.7 Å². The molecule has 0 radical (unpaired) electrons. The summed E-state index contributed by atoms with van der Waals surface area (Å²) in [6.45, 7) is 5.00. The van der Waals surface area contributed by atoms with E-state index in [-0.39, 0.29) is 11.6 Å². The molecule has 0 spiro atoms. The minimum absolute atomic E-state index is 0.00249. The number of ether oxygens (including phenoxy) is 1. The van der Waals surface area contributed by atoms with Gasteiger partial charge in [-0.2, -0.15) is 0 Å². The Morgan fingerprint density at radius 1 is 1.48 bits per heavy atom. The van der Waals surface area contributed by atoms with Gasteiger partial charge in [-0.05, 0) is 12.8 Å². The van der Waals surface area contributed by atoms with Crippen LogP contribution in [0.5, 0.6) is 5.75 Å². The lowest BCUT2D eigenvalue weighted by molar-refractivity contribution is -0.384. The molecule has 1 aromatic carbocycles.